The standard InChI is InChI=1S/C7H5BrF2IN/c1-3-4(11)2-5(8)12-6(3)7(9)10/h2,7H,1H3. The summed E-state index contributed by atoms with van der Waals surface area (Å²) in [6.45, 7) is 1.64. The van der Waals surface area contributed by atoms with Crippen LogP contribution < -0.4 is 0 Å². The van der Waals surface area contributed by atoms with Crippen LogP contribution in [-0.4, -0.2) is 4.98 Å². The van der Waals surface area contributed by atoms with Gasteiger partial charge in [-0.3, -0.25) is 0 Å². The van der Waals surface area contributed by atoms with E-state index in [0.717, 1.165) is 3.57 Å². The van der Waals surface area contributed by atoms with Gasteiger partial charge in [0.2, 0.25) is 0 Å². The Morgan fingerprint density at radius 3 is 2.67 bits per heavy atom. The first kappa shape index (κ1) is 10.3. The normalized spacial score (nSPS) is 10.8. The Hall–Kier alpha value is 0.220. The van der Waals surface area contributed by atoms with Crippen molar-refractivity contribution in [2.75, 3.05) is 0 Å². The molecule has 1 rings (SSSR count). The summed E-state index contributed by atoms with van der Waals surface area (Å²) < 4.78 is 25.9. The van der Waals surface area contributed by atoms with Crippen LogP contribution in [0.1, 0.15) is 17.7 Å². The molecule has 0 saturated carbocycles. The summed E-state index contributed by atoms with van der Waals surface area (Å²) in [5.41, 5.74) is 0.405. The number of hydrogen-bond donors (Lipinski definition) is 0. The van der Waals surface area contributed by atoms with Gasteiger partial charge in [0.25, 0.3) is 6.43 Å². The SMILES string of the molecule is Cc1c(I)cc(Br)nc1C(F)F. The molecule has 5 heteroatoms. The van der Waals surface area contributed by atoms with Crippen molar-refractivity contribution in [1.82, 2.24) is 4.98 Å². The van der Waals surface area contributed by atoms with Gasteiger partial charge >= 0.3 is 0 Å². The van der Waals surface area contributed by atoms with Gasteiger partial charge in [0, 0.05) is 3.57 Å². The third-order valence-corrected chi connectivity index (χ3v) is 2.95. The van der Waals surface area contributed by atoms with E-state index in [2.05, 4.69) is 20.9 Å². The number of hydrogen-bond acceptors (Lipinski definition) is 1. The minimum absolute atomic E-state index is 0.145. The number of aromatic nitrogens is 1. The van der Waals surface area contributed by atoms with Crippen LogP contribution in [0.4, 0.5) is 8.78 Å². The molecule has 1 nitrogen and oxygen atoms in total. The minimum atomic E-state index is -2.50. The second-order valence-corrected chi connectivity index (χ2v) is 4.21. The maximum atomic E-state index is 12.3. The third kappa shape index (κ3) is 2.12. The molecule has 0 atom stereocenters. The fraction of sp³-hybridized carbons (Fsp3) is 0.286. The molecule has 0 aliphatic rings. The van der Waals surface area contributed by atoms with Crippen molar-refractivity contribution in [2.45, 2.75) is 13.3 Å². The van der Waals surface area contributed by atoms with E-state index >= 15 is 0 Å². The van der Waals surface area contributed by atoms with Crippen LogP contribution in [0.25, 0.3) is 0 Å². The van der Waals surface area contributed by atoms with Gasteiger partial charge in [0.1, 0.15) is 10.3 Å². The first-order chi connectivity index (χ1) is 5.52. The topological polar surface area (TPSA) is 12.9 Å². The van der Waals surface area contributed by atoms with Crippen molar-refractivity contribution >= 4 is 38.5 Å². The summed E-state index contributed by atoms with van der Waals surface area (Å²) in [5.74, 6) is 0. The van der Waals surface area contributed by atoms with Gasteiger partial charge in [-0.1, -0.05) is 0 Å². The lowest BCUT2D eigenvalue weighted by Gasteiger charge is -2.05. The zero-order chi connectivity index (χ0) is 9.30. The van der Waals surface area contributed by atoms with Crippen molar-refractivity contribution < 1.29 is 8.78 Å². The van der Waals surface area contributed by atoms with Crippen LogP contribution in [0.2, 0.25) is 0 Å². The quantitative estimate of drug-likeness (QED) is 0.557. The molecule has 0 aliphatic carbocycles. The van der Waals surface area contributed by atoms with Gasteiger partial charge < -0.3 is 0 Å². The Labute approximate surface area is 90.8 Å². The van der Waals surface area contributed by atoms with Gasteiger partial charge in [-0.15, -0.1) is 0 Å². The molecule has 0 N–H and O–H groups in total. The van der Waals surface area contributed by atoms with Gasteiger partial charge in [0.05, 0.1) is 0 Å². The Balaban J connectivity index is 3.28. The van der Waals surface area contributed by atoms with Gasteiger partial charge in [-0.25, -0.2) is 13.8 Å². The lowest BCUT2D eigenvalue weighted by molar-refractivity contribution is 0.145. The zero-order valence-corrected chi connectivity index (χ0v) is 9.86. The van der Waals surface area contributed by atoms with Gasteiger partial charge in [-0.05, 0) is 57.1 Å². The van der Waals surface area contributed by atoms with Crippen LogP contribution in [0, 0.1) is 10.5 Å². The molecule has 1 heterocycles. The van der Waals surface area contributed by atoms with E-state index in [9.17, 15) is 8.78 Å². The van der Waals surface area contributed by atoms with Crippen LogP contribution in [0.3, 0.4) is 0 Å². The average molecular weight is 348 g/mol. The van der Waals surface area contributed by atoms with Crippen molar-refractivity contribution in [3.63, 3.8) is 0 Å². The molecule has 0 amide bonds. The van der Waals surface area contributed by atoms with E-state index in [1.54, 1.807) is 13.0 Å². The van der Waals surface area contributed by atoms with E-state index in [0.29, 0.717) is 10.2 Å². The summed E-state index contributed by atoms with van der Waals surface area (Å²) in [6, 6.07) is 1.71. The first-order valence-electron chi connectivity index (χ1n) is 3.13. The molecular formula is C7H5BrF2IN. The Morgan fingerprint density at radius 1 is 1.58 bits per heavy atom. The summed E-state index contributed by atoms with van der Waals surface area (Å²) >= 11 is 5.07. The highest BCUT2D eigenvalue weighted by atomic mass is 127. The molecule has 0 aromatic carbocycles. The van der Waals surface area contributed by atoms with Crippen molar-refractivity contribution in [1.29, 1.82) is 0 Å². The van der Waals surface area contributed by atoms with E-state index in [4.69, 9.17) is 0 Å². The molecule has 1 aromatic heterocycles. The second kappa shape index (κ2) is 3.95. The van der Waals surface area contributed by atoms with Gasteiger partial charge in [-0.2, -0.15) is 0 Å². The summed E-state index contributed by atoms with van der Waals surface area (Å²) in [6.07, 6.45) is -2.50. The number of pyridine rings is 1. The van der Waals surface area contributed by atoms with Crippen molar-refractivity contribution in [3.8, 4) is 0 Å². The summed E-state index contributed by atoms with van der Waals surface area (Å²) in [4.78, 5) is 3.69. The highest BCUT2D eigenvalue weighted by molar-refractivity contribution is 14.1. The molecule has 0 aliphatic heterocycles. The zero-order valence-electron chi connectivity index (χ0n) is 6.11. The lowest BCUT2D eigenvalue weighted by atomic mass is 10.2. The van der Waals surface area contributed by atoms with Crippen LogP contribution >= 0.6 is 38.5 Å². The summed E-state index contributed by atoms with van der Waals surface area (Å²) in [7, 11) is 0. The first-order valence-corrected chi connectivity index (χ1v) is 5.00. The van der Waals surface area contributed by atoms with Crippen LogP contribution in [0.15, 0.2) is 10.7 Å². The fourth-order valence-electron chi connectivity index (χ4n) is 0.779. The molecule has 0 spiro atoms. The number of alkyl halides is 2. The second-order valence-electron chi connectivity index (χ2n) is 2.24. The average Bonchev–Trinajstić information content (AvgIpc) is 1.96. The van der Waals surface area contributed by atoms with Crippen molar-refractivity contribution in [2.24, 2.45) is 0 Å². The number of nitrogens with zero attached hydrogens (tertiary/aromatic N) is 1. The molecular weight excluding hydrogens is 343 g/mol. The number of halogens is 4. The Bertz CT molecular complexity index is 304. The van der Waals surface area contributed by atoms with E-state index in [-0.39, 0.29) is 5.69 Å². The highest BCUT2D eigenvalue weighted by Gasteiger charge is 2.14. The van der Waals surface area contributed by atoms with E-state index in [1.165, 1.54) is 0 Å². The maximum absolute atomic E-state index is 12.3. The Kier molecular flexibility index (Phi) is 3.39. The number of rotatable bonds is 1. The lowest BCUT2D eigenvalue weighted by Crippen LogP contribution is -1.97. The van der Waals surface area contributed by atoms with Crippen LogP contribution in [-0.2, 0) is 0 Å². The highest BCUT2D eigenvalue weighted by Crippen LogP contribution is 2.26. The minimum Gasteiger partial charge on any atom is -0.240 e. The third-order valence-electron chi connectivity index (χ3n) is 1.42. The molecule has 66 valence electrons. The largest absolute Gasteiger partial charge is 0.280 e. The summed E-state index contributed by atoms with van der Waals surface area (Å²) in [5, 5.41) is 0. The van der Waals surface area contributed by atoms with E-state index < -0.39 is 6.43 Å². The molecule has 1 aromatic rings. The molecule has 0 fully saturated rings. The maximum Gasteiger partial charge on any atom is 0.280 e. The van der Waals surface area contributed by atoms with E-state index in [1.807, 2.05) is 22.6 Å². The fourth-order valence-corrected chi connectivity index (χ4v) is 2.20. The van der Waals surface area contributed by atoms with Crippen molar-refractivity contribution in [3.05, 3.63) is 25.5 Å². The predicted octanol–water partition coefficient (Wildman–Crippen LogP) is 3.69. The molecule has 0 bridgehead atoms. The monoisotopic (exact) mass is 347 g/mol. The Morgan fingerprint density at radius 2 is 2.17 bits per heavy atom. The smallest absolute Gasteiger partial charge is 0.240 e. The molecule has 0 radical (unpaired) electrons. The van der Waals surface area contributed by atoms with Gasteiger partial charge in [0.15, 0.2) is 0 Å². The molecule has 0 saturated heterocycles. The molecule has 12 heavy (non-hydrogen) atoms. The predicted molar refractivity (Wildman–Crippen MR) is 54.3 cm³/mol. The van der Waals surface area contributed by atoms with Crippen LogP contribution in [0.5, 0.6) is 0 Å². The molecule has 0 unspecified atom stereocenters.